The maximum Gasteiger partial charge on any atom is 0.179 e. The molecule has 1 saturated heterocycles. The third-order valence-corrected chi connectivity index (χ3v) is 4.32. The Hall–Kier alpha value is -0.940. The minimum absolute atomic E-state index is 0.148. The zero-order chi connectivity index (χ0) is 14.0. The normalized spacial score (nSPS) is 24.4. The first-order valence-corrected chi connectivity index (χ1v) is 7.26. The van der Waals surface area contributed by atoms with Gasteiger partial charge in [-0.15, -0.1) is 0 Å². The molecule has 2 atom stereocenters. The Kier molecular flexibility index (Phi) is 4.58. The molecule has 2 unspecified atom stereocenters. The van der Waals surface area contributed by atoms with E-state index in [1.807, 2.05) is 16.7 Å². The largest absolute Gasteiger partial charge is 0.294 e. The molecule has 1 aliphatic heterocycles. The van der Waals surface area contributed by atoms with E-state index in [1.54, 1.807) is 0 Å². The molecule has 0 N–H and O–H groups in total. The van der Waals surface area contributed by atoms with Crippen molar-refractivity contribution in [1.29, 1.82) is 0 Å². The highest BCUT2D eigenvalue weighted by Crippen LogP contribution is 2.24. The lowest BCUT2D eigenvalue weighted by molar-refractivity contribution is 0.0925. The molecule has 19 heavy (non-hydrogen) atoms. The maximum atomic E-state index is 13.5. The second kappa shape index (κ2) is 6.01. The first kappa shape index (κ1) is 14.5. The Bertz CT molecular complexity index is 471. The van der Waals surface area contributed by atoms with E-state index in [-0.39, 0.29) is 17.9 Å². The smallest absolute Gasteiger partial charge is 0.179 e. The highest BCUT2D eigenvalue weighted by atomic mass is 32.2. The Morgan fingerprint density at radius 1 is 1.32 bits per heavy atom. The average Bonchev–Trinajstić information content (AvgIpc) is 2.30. The van der Waals surface area contributed by atoms with Crippen LogP contribution in [0.2, 0.25) is 0 Å². The SMILES string of the molecule is CC1CN(CC(=O)c2cc(F)ccc2F)CC(C)S1. The number of halogens is 2. The van der Waals surface area contributed by atoms with Crippen LogP contribution in [0, 0.1) is 11.6 Å². The zero-order valence-electron chi connectivity index (χ0n) is 11.0. The van der Waals surface area contributed by atoms with Crippen LogP contribution in [0.15, 0.2) is 18.2 Å². The number of ketones is 1. The van der Waals surface area contributed by atoms with Crippen LogP contribution in [0.3, 0.4) is 0 Å². The van der Waals surface area contributed by atoms with Gasteiger partial charge in [0.05, 0.1) is 12.1 Å². The van der Waals surface area contributed by atoms with E-state index in [0.29, 0.717) is 10.5 Å². The number of benzene rings is 1. The van der Waals surface area contributed by atoms with Crippen molar-refractivity contribution >= 4 is 17.5 Å². The van der Waals surface area contributed by atoms with E-state index in [0.717, 1.165) is 31.3 Å². The minimum Gasteiger partial charge on any atom is -0.294 e. The molecule has 0 spiro atoms. The third kappa shape index (κ3) is 3.76. The number of hydrogen-bond acceptors (Lipinski definition) is 3. The molecular formula is C14H17F2NOS. The van der Waals surface area contributed by atoms with Crippen LogP contribution in [0.1, 0.15) is 24.2 Å². The number of thioether (sulfide) groups is 1. The van der Waals surface area contributed by atoms with Crippen molar-refractivity contribution in [3.63, 3.8) is 0 Å². The molecule has 2 nitrogen and oxygen atoms in total. The molecule has 0 saturated carbocycles. The number of nitrogens with zero attached hydrogens (tertiary/aromatic N) is 1. The quantitative estimate of drug-likeness (QED) is 0.796. The van der Waals surface area contributed by atoms with Crippen molar-refractivity contribution in [2.24, 2.45) is 0 Å². The fourth-order valence-electron chi connectivity index (χ4n) is 2.41. The maximum absolute atomic E-state index is 13.5. The van der Waals surface area contributed by atoms with Crippen LogP contribution in [0.4, 0.5) is 8.78 Å². The summed E-state index contributed by atoms with van der Waals surface area (Å²) in [6.45, 7) is 5.98. The summed E-state index contributed by atoms with van der Waals surface area (Å²) in [7, 11) is 0. The average molecular weight is 285 g/mol. The summed E-state index contributed by atoms with van der Waals surface area (Å²) in [5.41, 5.74) is -0.154. The number of carbonyl (C=O) groups excluding carboxylic acids is 1. The number of Topliss-reactive ketones (excluding diaryl/α,β-unsaturated/α-hetero) is 1. The Balaban J connectivity index is 2.06. The topological polar surface area (TPSA) is 20.3 Å². The van der Waals surface area contributed by atoms with Gasteiger partial charge in [0.15, 0.2) is 5.78 Å². The summed E-state index contributed by atoms with van der Waals surface area (Å²) in [6.07, 6.45) is 0. The van der Waals surface area contributed by atoms with Gasteiger partial charge in [0, 0.05) is 23.6 Å². The number of rotatable bonds is 3. The van der Waals surface area contributed by atoms with Gasteiger partial charge in [-0.3, -0.25) is 9.69 Å². The van der Waals surface area contributed by atoms with Gasteiger partial charge in [0.25, 0.3) is 0 Å². The van der Waals surface area contributed by atoms with Crippen molar-refractivity contribution in [2.75, 3.05) is 19.6 Å². The van der Waals surface area contributed by atoms with E-state index < -0.39 is 11.6 Å². The molecule has 1 aromatic carbocycles. The molecule has 2 rings (SSSR count). The Morgan fingerprint density at radius 3 is 2.58 bits per heavy atom. The van der Waals surface area contributed by atoms with Crippen LogP contribution in [-0.2, 0) is 0 Å². The van der Waals surface area contributed by atoms with Crippen molar-refractivity contribution in [1.82, 2.24) is 4.90 Å². The van der Waals surface area contributed by atoms with Gasteiger partial charge in [-0.2, -0.15) is 11.8 Å². The van der Waals surface area contributed by atoms with Crippen molar-refractivity contribution in [2.45, 2.75) is 24.3 Å². The Morgan fingerprint density at radius 2 is 1.95 bits per heavy atom. The van der Waals surface area contributed by atoms with Crippen LogP contribution < -0.4 is 0 Å². The molecule has 0 aliphatic carbocycles. The summed E-state index contributed by atoms with van der Waals surface area (Å²) in [6, 6.07) is 3.00. The molecule has 0 amide bonds. The Labute approximate surface area is 116 Å². The van der Waals surface area contributed by atoms with Gasteiger partial charge < -0.3 is 0 Å². The van der Waals surface area contributed by atoms with E-state index in [2.05, 4.69) is 13.8 Å². The first-order chi connectivity index (χ1) is 8.95. The van der Waals surface area contributed by atoms with E-state index >= 15 is 0 Å². The molecule has 1 heterocycles. The van der Waals surface area contributed by atoms with Crippen LogP contribution in [-0.4, -0.2) is 40.8 Å². The fourth-order valence-corrected chi connectivity index (χ4v) is 3.80. The standard InChI is InChI=1S/C14H17F2NOS/c1-9-6-17(7-10(2)19-9)8-14(18)12-5-11(15)3-4-13(12)16/h3-5,9-10H,6-8H2,1-2H3. The molecule has 5 heteroatoms. The van der Waals surface area contributed by atoms with Crippen LogP contribution in [0.5, 0.6) is 0 Å². The second-order valence-electron chi connectivity index (χ2n) is 5.00. The first-order valence-electron chi connectivity index (χ1n) is 6.31. The predicted octanol–water partition coefficient (Wildman–Crippen LogP) is 2.97. The zero-order valence-corrected chi connectivity index (χ0v) is 11.8. The fraction of sp³-hybridized carbons (Fsp3) is 0.500. The molecule has 104 valence electrons. The van der Waals surface area contributed by atoms with E-state index in [4.69, 9.17) is 0 Å². The highest BCUT2D eigenvalue weighted by molar-refractivity contribution is 8.00. The molecule has 0 aromatic heterocycles. The van der Waals surface area contributed by atoms with Gasteiger partial charge in [-0.25, -0.2) is 8.78 Å². The molecule has 0 bridgehead atoms. The summed E-state index contributed by atoms with van der Waals surface area (Å²) in [5, 5.41) is 0.905. The summed E-state index contributed by atoms with van der Waals surface area (Å²) >= 11 is 1.89. The van der Waals surface area contributed by atoms with Gasteiger partial charge in [0.1, 0.15) is 11.6 Å². The highest BCUT2D eigenvalue weighted by Gasteiger charge is 2.25. The van der Waals surface area contributed by atoms with Crippen molar-refractivity contribution in [3.05, 3.63) is 35.4 Å². The molecule has 0 radical (unpaired) electrons. The molecule has 1 aromatic rings. The lowest BCUT2D eigenvalue weighted by atomic mass is 10.1. The van der Waals surface area contributed by atoms with Crippen LogP contribution >= 0.6 is 11.8 Å². The summed E-state index contributed by atoms with van der Waals surface area (Å²) in [4.78, 5) is 14.1. The molecule has 1 fully saturated rings. The van der Waals surface area contributed by atoms with Gasteiger partial charge in [-0.05, 0) is 18.2 Å². The van der Waals surface area contributed by atoms with Gasteiger partial charge in [0.2, 0.25) is 0 Å². The van der Waals surface area contributed by atoms with E-state index in [1.165, 1.54) is 0 Å². The summed E-state index contributed by atoms with van der Waals surface area (Å²) < 4.78 is 26.6. The lowest BCUT2D eigenvalue weighted by Crippen LogP contribution is -2.43. The summed E-state index contributed by atoms with van der Waals surface area (Å²) in [5.74, 6) is -1.59. The van der Waals surface area contributed by atoms with Crippen LogP contribution in [0.25, 0.3) is 0 Å². The van der Waals surface area contributed by atoms with Crippen molar-refractivity contribution in [3.8, 4) is 0 Å². The monoisotopic (exact) mass is 285 g/mol. The predicted molar refractivity (Wildman–Crippen MR) is 73.6 cm³/mol. The minimum atomic E-state index is -0.654. The lowest BCUT2D eigenvalue weighted by Gasteiger charge is -2.34. The number of hydrogen-bond donors (Lipinski definition) is 0. The third-order valence-electron chi connectivity index (χ3n) is 3.09. The number of carbonyl (C=O) groups is 1. The van der Waals surface area contributed by atoms with Gasteiger partial charge >= 0.3 is 0 Å². The molecule has 1 aliphatic rings. The van der Waals surface area contributed by atoms with E-state index in [9.17, 15) is 13.6 Å². The van der Waals surface area contributed by atoms with Gasteiger partial charge in [-0.1, -0.05) is 13.8 Å². The second-order valence-corrected chi connectivity index (χ2v) is 6.88. The molecular weight excluding hydrogens is 268 g/mol. The van der Waals surface area contributed by atoms with Crippen molar-refractivity contribution < 1.29 is 13.6 Å².